The van der Waals surface area contributed by atoms with Crippen molar-refractivity contribution in [2.75, 3.05) is 0 Å². The molecule has 0 N–H and O–H groups in total. The predicted octanol–water partition coefficient (Wildman–Crippen LogP) is 7.13. The zero-order valence-electron chi connectivity index (χ0n) is 14.1. The van der Waals surface area contributed by atoms with E-state index < -0.39 is 0 Å². The fraction of sp³-hybridized carbons (Fsp3) is 0. The molecule has 0 atom stereocenters. The molecular weight excluding hydrogens is 316 g/mol. The van der Waals surface area contributed by atoms with Gasteiger partial charge in [-0.3, -0.25) is 0 Å². The van der Waals surface area contributed by atoms with Crippen molar-refractivity contribution in [2.24, 2.45) is 0 Å². The quantitative estimate of drug-likeness (QED) is 0.355. The van der Waals surface area contributed by atoms with Gasteiger partial charge in [-0.15, -0.1) is 0 Å². The van der Waals surface area contributed by atoms with E-state index in [-0.39, 0.29) is 0 Å². The van der Waals surface area contributed by atoms with Gasteiger partial charge in [0.05, 0.1) is 13.1 Å². The van der Waals surface area contributed by atoms with Gasteiger partial charge in [0.15, 0.2) is 11.4 Å². The van der Waals surface area contributed by atoms with Gasteiger partial charge in [0, 0.05) is 0 Å². The van der Waals surface area contributed by atoms with Gasteiger partial charge < -0.3 is 0 Å². The highest BCUT2D eigenvalue weighted by atomic mass is 14.6. The first-order valence-corrected chi connectivity index (χ1v) is 8.19. The zero-order chi connectivity index (χ0) is 18.2. The molecule has 0 bridgehead atoms. The second-order valence-electron chi connectivity index (χ2n) is 5.71. The summed E-state index contributed by atoms with van der Waals surface area (Å²) in [7, 11) is 0. The summed E-state index contributed by atoms with van der Waals surface area (Å²) in [6.07, 6.45) is 8.07. The topological polar surface area (TPSA) is 8.72 Å². The lowest BCUT2D eigenvalue weighted by molar-refractivity contribution is 1.62. The van der Waals surface area contributed by atoms with E-state index >= 15 is 0 Å². The highest BCUT2D eigenvalue weighted by Crippen LogP contribution is 2.21. The zero-order valence-corrected chi connectivity index (χ0v) is 14.1. The molecule has 0 aliphatic rings. The van der Waals surface area contributed by atoms with E-state index in [1.54, 1.807) is 0 Å². The summed E-state index contributed by atoms with van der Waals surface area (Å²) in [5, 5.41) is 0. The Labute approximate surface area is 154 Å². The normalized spacial score (nSPS) is 10.7. The summed E-state index contributed by atoms with van der Waals surface area (Å²) in [6, 6.07) is 23.3. The standard InChI is InChI=1S/C24H16N2/c1-25-23-17-14-21(15-18-23)12-9-19-7-10-20(11-8-19)13-16-22-5-3-4-6-24(22)26-2/h3-18H/b12-9+,16-13+. The van der Waals surface area contributed by atoms with Crippen LogP contribution in [-0.4, -0.2) is 0 Å². The fourth-order valence-electron chi connectivity index (χ4n) is 2.49. The number of benzene rings is 3. The largest absolute Gasteiger partial charge is 0.238 e. The van der Waals surface area contributed by atoms with Crippen molar-refractivity contribution in [3.05, 3.63) is 118 Å². The summed E-state index contributed by atoms with van der Waals surface area (Å²) >= 11 is 0. The second-order valence-corrected chi connectivity index (χ2v) is 5.71. The van der Waals surface area contributed by atoms with Gasteiger partial charge >= 0.3 is 0 Å². The van der Waals surface area contributed by atoms with E-state index in [4.69, 9.17) is 13.1 Å². The summed E-state index contributed by atoms with van der Waals surface area (Å²) in [6.45, 7) is 14.2. The first-order chi connectivity index (χ1) is 12.8. The molecule has 3 aromatic rings. The molecule has 3 aromatic carbocycles. The molecule has 0 amide bonds. The molecule has 0 fully saturated rings. The van der Waals surface area contributed by atoms with Crippen LogP contribution in [0, 0.1) is 13.1 Å². The third kappa shape index (κ3) is 4.35. The van der Waals surface area contributed by atoms with Crippen LogP contribution in [0.3, 0.4) is 0 Å². The van der Waals surface area contributed by atoms with E-state index in [1.807, 2.05) is 66.8 Å². The summed E-state index contributed by atoms with van der Waals surface area (Å²) in [5.74, 6) is 0. The monoisotopic (exact) mass is 332 g/mol. The molecule has 0 heterocycles. The number of nitrogens with zero attached hydrogens (tertiary/aromatic N) is 2. The number of hydrogen-bond donors (Lipinski definition) is 0. The Kier molecular flexibility index (Phi) is 5.41. The average molecular weight is 332 g/mol. The second kappa shape index (κ2) is 8.29. The minimum absolute atomic E-state index is 0.651. The van der Waals surface area contributed by atoms with Crippen molar-refractivity contribution in [3.8, 4) is 0 Å². The molecular formula is C24H16N2. The Hall–Kier alpha value is -3.88. The maximum Gasteiger partial charge on any atom is 0.194 e. The molecule has 0 aromatic heterocycles. The Morgan fingerprint density at radius 2 is 1.04 bits per heavy atom. The number of para-hydroxylation sites is 1. The van der Waals surface area contributed by atoms with Crippen LogP contribution in [0.1, 0.15) is 22.3 Å². The maximum atomic E-state index is 7.20. The van der Waals surface area contributed by atoms with Crippen molar-refractivity contribution in [2.45, 2.75) is 0 Å². The molecule has 0 aliphatic heterocycles. The smallest absolute Gasteiger partial charge is 0.194 e. The van der Waals surface area contributed by atoms with Crippen molar-refractivity contribution < 1.29 is 0 Å². The molecule has 0 aliphatic carbocycles. The van der Waals surface area contributed by atoms with Crippen LogP contribution in [0.15, 0.2) is 72.8 Å². The third-order valence-electron chi connectivity index (χ3n) is 3.94. The van der Waals surface area contributed by atoms with Crippen LogP contribution < -0.4 is 0 Å². The minimum atomic E-state index is 0.651. The van der Waals surface area contributed by atoms with Gasteiger partial charge in [-0.25, -0.2) is 9.69 Å². The van der Waals surface area contributed by atoms with Gasteiger partial charge in [0.2, 0.25) is 0 Å². The molecule has 2 heteroatoms. The van der Waals surface area contributed by atoms with Crippen molar-refractivity contribution in [1.29, 1.82) is 0 Å². The minimum Gasteiger partial charge on any atom is -0.238 e. The Balaban J connectivity index is 1.70. The summed E-state index contributed by atoms with van der Waals surface area (Å²) in [5.41, 5.74) is 5.50. The van der Waals surface area contributed by atoms with Crippen LogP contribution in [0.4, 0.5) is 11.4 Å². The SMILES string of the molecule is [C-]#[N+]c1ccc(/C=C/c2ccc(/C=C/c3ccccc3[N+]#[C-])cc2)cc1. The third-order valence-corrected chi connectivity index (χ3v) is 3.94. The van der Waals surface area contributed by atoms with Crippen molar-refractivity contribution in [3.63, 3.8) is 0 Å². The Bertz CT molecular complexity index is 1030. The predicted molar refractivity (Wildman–Crippen MR) is 110 cm³/mol. The molecule has 0 radical (unpaired) electrons. The van der Waals surface area contributed by atoms with Gasteiger partial charge in [-0.05, 0) is 22.3 Å². The van der Waals surface area contributed by atoms with Gasteiger partial charge in [0.25, 0.3) is 0 Å². The van der Waals surface area contributed by atoms with Gasteiger partial charge in [-0.2, -0.15) is 0 Å². The molecule has 26 heavy (non-hydrogen) atoms. The maximum absolute atomic E-state index is 7.20. The summed E-state index contributed by atoms with van der Waals surface area (Å²) < 4.78 is 0. The molecule has 2 nitrogen and oxygen atoms in total. The van der Waals surface area contributed by atoms with Crippen LogP contribution in [0.2, 0.25) is 0 Å². The van der Waals surface area contributed by atoms with E-state index in [0.717, 1.165) is 22.3 Å². The van der Waals surface area contributed by atoms with Crippen molar-refractivity contribution >= 4 is 35.7 Å². The molecule has 0 unspecified atom stereocenters. The number of rotatable bonds is 4. The highest BCUT2D eigenvalue weighted by Gasteiger charge is 1.96. The molecule has 3 rings (SSSR count). The Morgan fingerprint density at radius 1 is 0.538 bits per heavy atom. The Morgan fingerprint density at radius 3 is 1.58 bits per heavy atom. The van der Waals surface area contributed by atoms with Gasteiger partial charge in [-0.1, -0.05) is 97.1 Å². The van der Waals surface area contributed by atoms with Crippen molar-refractivity contribution in [1.82, 2.24) is 0 Å². The van der Waals surface area contributed by atoms with Crippen LogP contribution in [0.5, 0.6) is 0 Å². The van der Waals surface area contributed by atoms with E-state index in [2.05, 4.69) is 40.0 Å². The lowest BCUT2D eigenvalue weighted by atomic mass is 10.1. The van der Waals surface area contributed by atoms with E-state index in [9.17, 15) is 0 Å². The van der Waals surface area contributed by atoms with Gasteiger partial charge in [0.1, 0.15) is 0 Å². The number of hydrogen-bond acceptors (Lipinski definition) is 0. The van der Waals surface area contributed by atoms with E-state index in [0.29, 0.717) is 11.4 Å². The summed E-state index contributed by atoms with van der Waals surface area (Å²) in [4.78, 5) is 6.93. The molecule has 122 valence electrons. The average Bonchev–Trinajstić information content (AvgIpc) is 2.72. The van der Waals surface area contributed by atoms with E-state index in [1.165, 1.54) is 0 Å². The molecule has 0 saturated carbocycles. The van der Waals surface area contributed by atoms with Crippen LogP contribution in [-0.2, 0) is 0 Å². The molecule has 0 spiro atoms. The lowest BCUT2D eigenvalue weighted by Gasteiger charge is -1.99. The first kappa shape index (κ1) is 17.0. The highest BCUT2D eigenvalue weighted by molar-refractivity contribution is 5.77. The fourth-order valence-corrected chi connectivity index (χ4v) is 2.49. The first-order valence-electron chi connectivity index (χ1n) is 8.19. The molecule has 0 saturated heterocycles. The van der Waals surface area contributed by atoms with Crippen LogP contribution >= 0.6 is 0 Å². The lowest BCUT2D eigenvalue weighted by Crippen LogP contribution is -1.76. The van der Waals surface area contributed by atoms with Crippen LogP contribution in [0.25, 0.3) is 34.0 Å².